The molecule has 2 rings (SSSR count). The van der Waals surface area contributed by atoms with E-state index in [-0.39, 0.29) is 0 Å². The summed E-state index contributed by atoms with van der Waals surface area (Å²) in [6, 6.07) is 0. The third-order valence-electron chi connectivity index (χ3n) is 3.77. The van der Waals surface area contributed by atoms with E-state index in [4.69, 9.17) is 11.6 Å². The average Bonchev–Trinajstić information content (AvgIpc) is 2.87. The Bertz CT molecular complexity index is 405. The molecule has 1 heterocycles. The Balaban J connectivity index is 1.88. The van der Waals surface area contributed by atoms with E-state index in [0.29, 0.717) is 11.3 Å². The van der Waals surface area contributed by atoms with Crippen LogP contribution in [0.25, 0.3) is 0 Å². The maximum Gasteiger partial charge on any atom is 0.0767 e. The molecule has 0 bridgehead atoms. The maximum atomic E-state index is 6.28. The zero-order valence-electron chi connectivity index (χ0n) is 11.0. The maximum absolute atomic E-state index is 6.28. The minimum atomic E-state index is 0.360. The van der Waals surface area contributed by atoms with Crippen LogP contribution in [0, 0.1) is 5.92 Å². The Labute approximate surface area is 122 Å². The quantitative estimate of drug-likeness (QED) is 0.838. The summed E-state index contributed by atoms with van der Waals surface area (Å²) in [6.45, 7) is 3.98. The predicted octanol–water partition coefficient (Wildman–Crippen LogP) is 3.24. The van der Waals surface area contributed by atoms with Crippen LogP contribution in [-0.2, 0) is 20.0 Å². The van der Waals surface area contributed by atoms with Gasteiger partial charge >= 0.3 is 0 Å². The Hall–Kier alpha value is -0.0600. The summed E-state index contributed by atoms with van der Waals surface area (Å²) >= 11 is 9.92. The number of hydrogen-bond acceptors (Lipinski definition) is 2. The van der Waals surface area contributed by atoms with Crippen LogP contribution in [0.5, 0.6) is 0 Å². The van der Waals surface area contributed by atoms with Crippen LogP contribution in [0.15, 0.2) is 4.47 Å². The van der Waals surface area contributed by atoms with E-state index in [1.807, 2.05) is 11.7 Å². The van der Waals surface area contributed by atoms with Crippen molar-refractivity contribution in [2.24, 2.45) is 13.0 Å². The highest BCUT2D eigenvalue weighted by Gasteiger charge is 2.24. The molecule has 2 atom stereocenters. The summed E-state index contributed by atoms with van der Waals surface area (Å²) in [6.07, 6.45) is 4.66. The second-order valence-corrected chi connectivity index (χ2v) is 6.38. The third-order valence-corrected chi connectivity index (χ3v) is 5.26. The van der Waals surface area contributed by atoms with Gasteiger partial charge in [0.05, 0.1) is 15.9 Å². The first-order valence-corrected chi connectivity index (χ1v) is 7.91. The molecule has 0 saturated heterocycles. The zero-order chi connectivity index (χ0) is 13.1. The molecule has 2 unspecified atom stereocenters. The largest absolute Gasteiger partial charge is 0.311 e. The van der Waals surface area contributed by atoms with E-state index in [1.54, 1.807) is 0 Å². The Kier molecular flexibility index (Phi) is 5.10. The van der Waals surface area contributed by atoms with Gasteiger partial charge in [-0.3, -0.25) is 4.68 Å². The molecule has 1 fully saturated rings. The molecule has 0 aromatic carbocycles. The second kappa shape index (κ2) is 6.40. The highest BCUT2D eigenvalue weighted by atomic mass is 79.9. The molecular formula is C13H21BrClN3. The third kappa shape index (κ3) is 3.09. The van der Waals surface area contributed by atoms with E-state index in [1.165, 1.54) is 25.0 Å². The van der Waals surface area contributed by atoms with E-state index in [2.05, 4.69) is 33.3 Å². The van der Waals surface area contributed by atoms with Crippen LogP contribution in [0.3, 0.4) is 0 Å². The summed E-state index contributed by atoms with van der Waals surface area (Å²) in [4.78, 5) is 0. The summed E-state index contributed by atoms with van der Waals surface area (Å²) in [5.74, 6) is 0.629. The summed E-state index contributed by atoms with van der Waals surface area (Å²) in [5, 5.41) is 8.38. The first kappa shape index (κ1) is 14.4. The normalized spacial score (nSPS) is 23.8. The standard InChI is InChI=1S/C13H21BrClN3/c1-3-11-13(14)12(18(2)17-11)8-16-7-9-5-4-6-10(9)15/h9-10,16H,3-8H2,1-2H3. The van der Waals surface area contributed by atoms with Crippen LogP contribution in [0.4, 0.5) is 0 Å². The fourth-order valence-corrected chi connectivity index (χ4v) is 3.74. The first-order chi connectivity index (χ1) is 8.63. The number of nitrogens with one attached hydrogen (secondary N) is 1. The van der Waals surface area contributed by atoms with Gasteiger partial charge in [-0.05, 0) is 47.7 Å². The van der Waals surface area contributed by atoms with Crippen molar-refractivity contribution in [3.05, 3.63) is 15.9 Å². The van der Waals surface area contributed by atoms with E-state index in [0.717, 1.165) is 29.7 Å². The van der Waals surface area contributed by atoms with E-state index in [9.17, 15) is 0 Å². The molecule has 1 aliphatic carbocycles. The number of alkyl halides is 1. The minimum absolute atomic E-state index is 0.360. The van der Waals surface area contributed by atoms with Crippen molar-refractivity contribution in [1.29, 1.82) is 0 Å². The summed E-state index contributed by atoms with van der Waals surface area (Å²) < 4.78 is 3.11. The fourth-order valence-electron chi connectivity index (χ4n) is 2.61. The lowest BCUT2D eigenvalue weighted by Crippen LogP contribution is -2.26. The number of halogens is 2. The van der Waals surface area contributed by atoms with Gasteiger partial charge in [0, 0.05) is 19.0 Å². The summed E-state index contributed by atoms with van der Waals surface area (Å²) in [5.41, 5.74) is 2.35. The van der Waals surface area contributed by atoms with Crippen molar-refractivity contribution >= 4 is 27.5 Å². The Morgan fingerprint density at radius 3 is 2.83 bits per heavy atom. The highest BCUT2D eigenvalue weighted by molar-refractivity contribution is 9.10. The van der Waals surface area contributed by atoms with Crippen molar-refractivity contribution in [3.63, 3.8) is 0 Å². The second-order valence-electron chi connectivity index (χ2n) is 5.02. The SMILES string of the molecule is CCc1nn(C)c(CNCC2CCCC2Cl)c1Br. The van der Waals surface area contributed by atoms with E-state index < -0.39 is 0 Å². The van der Waals surface area contributed by atoms with Crippen molar-refractivity contribution < 1.29 is 0 Å². The number of aromatic nitrogens is 2. The van der Waals surface area contributed by atoms with Crippen LogP contribution >= 0.6 is 27.5 Å². The average molecular weight is 335 g/mol. The molecule has 0 radical (unpaired) electrons. The van der Waals surface area contributed by atoms with Crippen molar-refractivity contribution in [2.75, 3.05) is 6.54 Å². The number of hydrogen-bond donors (Lipinski definition) is 1. The Morgan fingerprint density at radius 1 is 1.50 bits per heavy atom. The lowest BCUT2D eigenvalue weighted by molar-refractivity contribution is 0.485. The highest BCUT2D eigenvalue weighted by Crippen LogP contribution is 2.29. The molecule has 3 nitrogen and oxygen atoms in total. The number of nitrogens with zero attached hydrogens (tertiary/aromatic N) is 2. The smallest absolute Gasteiger partial charge is 0.0767 e. The van der Waals surface area contributed by atoms with Gasteiger partial charge in [0.1, 0.15) is 0 Å². The molecule has 0 aliphatic heterocycles. The van der Waals surface area contributed by atoms with Crippen LogP contribution in [0.1, 0.15) is 37.6 Å². The molecule has 0 spiro atoms. The zero-order valence-corrected chi connectivity index (χ0v) is 13.4. The number of aryl methyl sites for hydroxylation is 2. The first-order valence-electron chi connectivity index (χ1n) is 6.68. The molecular weight excluding hydrogens is 314 g/mol. The van der Waals surface area contributed by atoms with Gasteiger partial charge in [-0.25, -0.2) is 0 Å². The predicted molar refractivity (Wildman–Crippen MR) is 79.0 cm³/mol. The van der Waals surface area contributed by atoms with Crippen molar-refractivity contribution in [3.8, 4) is 0 Å². The molecule has 1 saturated carbocycles. The van der Waals surface area contributed by atoms with Gasteiger partial charge in [-0.15, -0.1) is 11.6 Å². The molecule has 102 valence electrons. The van der Waals surface area contributed by atoms with Crippen molar-refractivity contribution in [1.82, 2.24) is 15.1 Å². The lowest BCUT2D eigenvalue weighted by Gasteiger charge is -2.14. The van der Waals surface area contributed by atoms with Gasteiger partial charge in [0.2, 0.25) is 0 Å². The number of rotatable bonds is 5. The topological polar surface area (TPSA) is 29.9 Å². The molecule has 1 aromatic rings. The van der Waals surface area contributed by atoms with Gasteiger partial charge < -0.3 is 5.32 Å². The van der Waals surface area contributed by atoms with Gasteiger partial charge in [0.15, 0.2) is 0 Å². The van der Waals surface area contributed by atoms with Gasteiger partial charge in [-0.2, -0.15) is 5.10 Å². The van der Waals surface area contributed by atoms with Crippen LogP contribution in [-0.4, -0.2) is 21.7 Å². The summed E-state index contributed by atoms with van der Waals surface area (Å²) in [7, 11) is 2.00. The van der Waals surface area contributed by atoms with Crippen LogP contribution in [0.2, 0.25) is 0 Å². The van der Waals surface area contributed by atoms with Gasteiger partial charge in [0.25, 0.3) is 0 Å². The molecule has 1 aliphatic rings. The van der Waals surface area contributed by atoms with Crippen LogP contribution < -0.4 is 5.32 Å². The van der Waals surface area contributed by atoms with Gasteiger partial charge in [-0.1, -0.05) is 13.3 Å². The molecule has 18 heavy (non-hydrogen) atoms. The molecule has 1 aromatic heterocycles. The monoisotopic (exact) mass is 333 g/mol. The molecule has 5 heteroatoms. The van der Waals surface area contributed by atoms with E-state index >= 15 is 0 Å². The molecule has 0 amide bonds. The van der Waals surface area contributed by atoms with Crippen molar-refractivity contribution in [2.45, 2.75) is 44.5 Å². The molecule has 1 N–H and O–H groups in total. The minimum Gasteiger partial charge on any atom is -0.311 e. The fraction of sp³-hybridized carbons (Fsp3) is 0.769. The Morgan fingerprint density at radius 2 is 2.28 bits per heavy atom. The lowest BCUT2D eigenvalue weighted by atomic mass is 10.1.